The molecule has 0 saturated carbocycles. The van der Waals surface area contributed by atoms with Crippen molar-refractivity contribution in [2.24, 2.45) is 5.92 Å². The molecule has 146 valence electrons. The largest absolute Gasteiger partial charge is 0.508 e. The summed E-state index contributed by atoms with van der Waals surface area (Å²) in [7, 11) is 0. The molecule has 0 heterocycles. The number of nitrogens with one attached hydrogen (secondary N) is 1. The van der Waals surface area contributed by atoms with Crippen LogP contribution in [0.2, 0.25) is 0 Å². The number of carbonyl (C=O) groups excluding carboxylic acids is 2. The Morgan fingerprint density at radius 2 is 1.64 bits per heavy atom. The van der Waals surface area contributed by atoms with Gasteiger partial charge in [-0.15, -0.1) is 0 Å². The van der Waals surface area contributed by atoms with Crippen molar-refractivity contribution >= 4 is 23.5 Å². The van der Waals surface area contributed by atoms with E-state index in [0.717, 1.165) is 6.08 Å². The van der Waals surface area contributed by atoms with Crippen molar-refractivity contribution in [3.8, 4) is 5.75 Å². The number of ether oxygens (including phenoxy) is 1. The monoisotopic (exact) mass is 383 g/mol. The molecule has 0 radical (unpaired) electrons. The standard InChI is InChI=1S/C21H21NO6/c1-13(3-12-19(25)26)20(16-6-10-18(24)11-7-16)28-21(27)22-17-8-4-15(5-9-17)14(2)23/h3-13,20,24H,1-2H3,(H,22,27)(H,25,26)/b12-3+/t13-,20+/m0/s1. The van der Waals surface area contributed by atoms with Gasteiger partial charge in [0, 0.05) is 23.2 Å². The van der Waals surface area contributed by atoms with Gasteiger partial charge in [0.2, 0.25) is 0 Å². The lowest BCUT2D eigenvalue weighted by molar-refractivity contribution is -0.131. The third kappa shape index (κ3) is 5.98. The van der Waals surface area contributed by atoms with Gasteiger partial charge in [-0.25, -0.2) is 9.59 Å². The van der Waals surface area contributed by atoms with Crippen LogP contribution in [-0.4, -0.2) is 28.1 Å². The number of aliphatic carboxylic acids is 1. The zero-order valence-electron chi connectivity index (χ0n) is 15.5. The molecule has 0 aromatic heterocycles. The van der Waals surface area contributed by atoms with Crippen LogP contribution in [0.3, 0.4) is 0 Å². The Kier molecular flexibility index (Phi) is 6.92. The SMILES string of the molecule is CC(=O)c1ccc(NC(=O)O[C@@H](c2ccc(O)cc2)[C@@H](C)/C=C/C(=O)O)cc1. The summed E-state index contributed by atoms with van der Waals surface area (Å²) in [6, 6.07) is 12.5. The number of phenolic OH excluding ortho intramolecular Hbond substituents is 1. The Morgan fingerprint density at radius 1 is 1.04 bits per heavy atom. The molecule has 2 aromatic carbocycles. The number of Topliss-reactive ketones (excluding diaryl/α,β-unsaturated/α-hetero) is 1. The molecule has 0 spiro atoms. The fraction of sp³-hybridized carbons (Fsp3) is 0.190. The molecule has 2 atom stereocenters. The number of anilines is 1. The summed E-state index contributed by atoms with van der Waals surface area (Å²) in [5.41, 5.74) is 1.57. The minimum absolute atomic E-state index is 0.0613. The van der Waals surface area contributed by atoms with Crippen LogP contribution in [0.15, 0.2) is 60.7 Å². The second kappa shape index (κ2) is 9.36. The fourth-order valence-electron chi connectivity index (χ4n) is 2.53. The Hall–Kier alpha value is -3.61. The summed E-state index contributed by atoms with van der Waals surface area (Å²) >= 11 is 0. The summed E-state index contributed by atoms with van der Waals surface area (Å²) in [6.45, 7) is 3.16. The minimum atomic E-state index is -1.11. The highest BCUT2D eigenvalue weighted by Crippen LogP contribution is 2.29. The Morgan fingerprint density at radius 3 is 2.18 bits per heavy atom. The average molecular weight is 383 g/mol. The first-order chi connectivity index (χ1) is 13.3. The zero-order valence-corrected chi connectivity index (χ0v) is 15.5. The molecular weight excluding hydrogens is 362 g/mol. The molecule has 7 heteroatoms. The van der Waals surface area contributed by atoms with Crippen molar-refractivity contribution in [1.29, 1.82) is 0 Å². The van der Waals surface area contributed by atoms with Crippen LogP contribution in [-0.2, 0) is 9.53 Å². The van der Waals surface area contributed by atoms with Crippen molar-refractivity contribution in [3.05, 3.63) is 71.8 Å². The van der Waals surface area contributed by atoms with E-state index >= 15 is 0 Å². The second-order valence-electron chi connectivity index (χ2n) is 6.23. The van der Waals surface area contributed by atoms with Crippen LogP contribution >= 0.6 is 0 Å². The lowest BCUT2D eigenvalue weighted by Gasteiger charge is -2.22. The number of aromatic hydroxyl groups is 1. The topological polar surface area (TPSA) is 113 Å². The molecule has 0 fully saturated rings. The number of carboxylic acid groups (broad SMARTS) is 1. The van der Waals surface area contributed by atoms with Crippen molar-refractivity contribution < 1.29 is 29.3 Å². The summed E-state index contributed by atoms with van der Waals surface area (Å²) < 4.78 is 5.51. The van der Waals surface area contributed by atoms with E-state index in [1.54, 1.807) is 43.3 Å². The molecule has 0 unspecified atom stereocenters. The summed E-state index contributed by atoms with van der Waals surface area (Å²) in [4.78, 5) is 34.4. The highest BCUT2D eigenvalue weighted by molar-refractivity contribution is 5.95. The van der Waals surface area contributed by atoms with E-state index in [0.29, 0.717) is 16.8 Å². The zero-order chi connectivity index (χ0) is 20.7. The van der Waals surface area contributed by atoms with Gasteiger partial charge < -0.3 is 14.9 Å². The van der Waals surface area contributed by atoms with E-state index in [9.17, 15) is 19.5 Å². The van der Waals surface area contributed by atoms with E-state index < -0.39 is 24.1 Å². The summed E-state index contributed by atoms with van der Waals surface area (Å²) in [6.07, 6.45) is 0.908. The molecule has 0 aliphatic rings. The van der Waals surface area contributed by atoms with Gasteiger partial charge in [0.05, 0.1) is 0 Å². The predicted octanol–water partition coefficient (Wildman–Crippen LogP) is 4.16. The van der Waals surface area contributed by atoms with Crippen molar-refractivity contribution in [3.63, 3.8) is 0 Å². The third-order valence-electron chi connectivity index (χ3n) is 4.01. The highest BCUT2D eigenvalue weighted by Gasteiger charge is 2.22. The Labute approximate surface area is 162 Å². The summed E-state index contributed by atoms with van der Waals surface area (Å²) in [5, 5.41) is 20.9. The Balaban J connectivity index is 2.16. The molecule has 0 aliphatic heterocycles. The van der Waals surface area contributed by atoms with Crippen LogP contribution in [0.1, 0.15) is 35.9 Å². The van der Waals surface area contributed by atoms with Crippen LogP contribution in [0.5, 0.6) is 5.75 Å². The molecule has 2 rings (SSSR count). The van der Waals surface area contributed by atoms with Crippen LogP contribution in [0, 0.1) is 5.92 Å². The lowest BCUT2D eigenvalue weighted by atomic mass is 9.96. The maximum Gasteiger partial charge on any atom is 0.412 e. The minimum Gasteiger partial charge on any atom is -0.508 e. The van der Waals surface area contributed by atoms with Gasteiger partial charge in [0.1, 0.15) is 11.9 Å². The number of rotatable bonds is 7. The van der Waals surface area contributed by atoms with Gasteiger partial charge in [-0.2, -0.15) is 0 Å². The Bertz CT molecular complexity index is 871. The number of hydrogen-bond acceptors (Lipinski definition) is 5. The number of ketones is 1. The normalized spacial score (nSPS) is 12.9. The van der Waals surface area contributed by atoms with E-state index in [-0.39, 0.29) is 11.5 Å². The first-order valence-electron chi connectivity index (χ1n) is 8.55. The van der Waals surface area contributed by atoms with E-state index in [4.69, 9.17) is 9.84 Å². The quantitative estimate of drug-likeness (QED) is 0.489. The fourth-order valence-corrected chi connectivity index (χ4v) is 2.53. The number of carbonyl (C=O) groups is 3. The second-order valence-corrected chi connectivity index (χ2v) is 6.23. The number of hydrogen-bond donors (Lipinski definition) is 3. The van der Waals surface area contributed by atoms with Gasteiger partial charge in [-0.05, 0) is 48.9 Å². The number of phenols is 1. The van der Waals surface area contributed by atoms with E-state index in [1.807, 2.05) is 0 Å². The maximum atomic E-state index is 12.3. The van der Waals surface area contributed by atoms with Crippen LogP contribution in [0.4, 0.5) is 10.5 Å². The molecule has 0 bridgehead atoms. The van der Waals surface area contributed by atoms with E-state index in [1.165, 1.54) is 25.1 Å². The maximum absolute atomic E-state index is 12.3. The number of carboxylic acids is 1. The van der Waals surface area contributed by atoms with Gasteiger partial charge in [0.15, 0.2) is 5.78 Å². The number of amides is 1. The molecule has 28 heavy (non-hydrogen) atoms. The molecular formula is C21H21NO6. The van der Waals surface area contributed by atoms with Crippen LogP contribution in [0.25, 0.3) is 0 Å². The first-order valence-corrected chi connectivity index (χ1v) is 8.55. The van der Waals surface area contributed by atoms with Crippen LogP contribution < -0.4 is 5.32 Å². The van der Waals surface area contributed by atoms with Gasteiger partial charge in [-0.3, -0.25) is 10.1 Å². The van der Waals surface area contributed by atoms with Gasteiger partial charge in [-0.1, -0.05) is 25.1 Å². The van der Waals surface area contributed by atoms with Gasteiger partial charge >= 0.3 is 12.1 Å². The average Bonchev–Trinajstić information content (AvgIpc) is 2.65. The summed E-state index contributed by atoms with van der Waals surface area (Å²) in [5.74, 6) is -1.57. The smallest absolute Gasteiger partial charge is 0.412 e. The molecule has 2 aromatic rings. The van der Waals surface area contributed by atoms with E-state index in [2.05, 4.69) is 5.32 Å². The third-order valence-corrected chi connectivity index (χ3v) is 4.01. The predicted molar refractivity (Wildman–Crippen MR) is 103 cm³/mol. The van der Waals surface area contributed by atoms with Crippen molar-refractivity contribution in [1.82, 2.24) is 0 Å². The molecule has 0 aliphatic carbocycles. The lowest BCUT2D eigenvalue weighted by Crippen LogP contribution is -2.21. The van der Waals surface area contributed by atoms with Crippen molar-refractivity contribution in [2.45, 2.75) is 20.0 Å². The molecule has 1 amide bonds. The number of benzene rings is 2. The first kappa shape index (κ1) is 20.7. The molecule has 0 saturated heterocycles. The van der Waals surface area contributed by atoms with Gasteiger partial charge in [0.25, 0.3) is 0 Å². The molecule has 3 N–H and O–H groups in total. The highest BCUT2D eigenvalue weighted by atomic mass is 16.6. The molecule has 7 nitrogen and oxygen atoms in total. The van der Waals surface area contributed by atoms with Crippen molar-refractivity contribution in [2.75, 3.05) is 5.32 Å².